The summed E-state index contributed by atoms with van der Waals surface area (Å²) in [6, 6.07) is 18.4. The zero-order valence-corrected chi connectivity index (χ0v) is 19.6. The molecule has 5 rings (SSSR count). The highest BCUT2D eigenvalue weighted by Crippen LogP contribution is 2.28. The number of anilines is 1. The number of amides is 1. The Hall–Kier alpha value is -3.88. The molecule has 0 bridgehead atoms. The minimum atomic E-state index is -0.614. The van der Waals surface area contributed by atoms with Crippen LogP contribution in [0.5, 0.6) is 5.75 Å². The van der Waals surface area contributed by atoms with Gasteiger partial charge >= 0.3 is 0 Å². The highest BCUT2D eigenvalue weighted by atomic mass is 19.1. The molecule has 2 heterocycles. The second-order valence-electron chi connectivity index (χ2n) is 8.91. The highest BCUT2D eigenvalue weighted by Gasteiger charge is 2.31. The molecule has 2 N–H and O–H groups in total. The molecule has 1 saturated heterocycles. The van der Waals surface area contributed by atoms with Gasteiger partial charge in [0.2, 0.25) is 5.91 Å². The number of pyridine rings is 1. The number of halogens is 2. The van der Waals surface area contributed by atoms with Crippen molar-refractivity contribution in [3.8, 4) is 5.75 Å². The van der Waals surface area contributed by atoms with Gasteiger partial charge in [0.1, 0.15) is 28.9 Å². The number of benzene rings is 3. The number of carbonyl (C=O) groups excluding carboxylic acids is 1. The molecule has 0 aliphatic carbocycles. The van der Waals surface area contributed by atoms with Crippen LogP contribution in [0, 0.1) is 11.6 Å². The maximum Gasteiger partial charge on any atom is 0.246 e. The van der Waals surface area contributed by atoms with Crippen LogP contribution in [-0.2, 0) is 11.3 Å². The molecule has 1 aliphatic heterocycles. The number of nitrogens with zero attached hydrogens (tertiary/aromatic N) is 3. The Bertz CT molecular complexity index is 1350. The fourth-order valence-electron chi connectivity index (χ4n) is 4.69. The predicted molar refractivity (Wildman–Crippen MR) is 134 cm³/mol. The summed E-state index contributed by atoms with van der Waals surface area (Å²) in [6.07, 6.45) is 1.66. The van der Waals surface area contributed by atoms with Gasteiger partial charge in [-0.15, -0.1) is 0 Å². The Morgan fingerprint density at radius 3 is 2.28 bits per heavy atom. The number of aromatic hydroxyl groups is 1. The standard InChI is InChI=1S/C28H26F2N4O2/c29-21-6-3-19(4-7-21)27(28(36)32-23-10-8-22(30)9-11-23)34-16-14-33(15-17-34)18-20-5-12-25(35)26-24(20)2-1-13-31-26/h1-13,27,35H,14-18H2,(H,32,36). The lowest BCUT2D eigenvalue weighted by molar-refractivity contribution is -0.122. The normalized spacial score (nSPS) is 15.6. The second kappa shape index (κ2) is 10.4. The molecule has 3 aromatic carbocycles. The maximum absolute atomic E-state index is 13.6. The molecule has 1 fully saturated rings. The van der Waals surface area contributed by atoms with Gasteiger partial charge in [-0.1, -0.05) is 24.3 Å². The number of nitrogens with one attached hydrogen (secondary N) is 1. The van der Waals surface area contributed by atoms with Crippen LogP contribution >= 0.6 is 0 Å². The average molecular weight is 489 g/mol. The average Bonchev–Trinajstić information content (AvgIpc) is 2.89. The van der Waals surface area contributed by atoms with Crippen LogP contribution in [-0.4, -0.2) is 52.0 Å². The van der Waals surface area contributed by atoms with Crippen LogP contribution in [0.4, 0.5) is 14.5 Å². The Balaban J connectivity index is 1.31. The van der Waals surface area contributed by atoms with E-state index in [1.165, 1.54) is 36.4 Å². The van der Waals surface area contributed by atoms with Crippen molar-refractivity contribution in [1.82, 2.24) is 14.8 Å². The van der Waals surface area contributed by atoms with Crippen molar-refractivity contribution in [2.75, 3.05) is 31.5 Å². The maximum atomic E-state index is 13.6. The summed E-state index contributed by atoms with van der Waals surface area (Å²) in [5.41, 5.74) is 2.86. The molecule has 1 aromatic heterocycles. The Labute approximate surface area is 207 Å². The molecule has 0 spiro atoms. The minimum absolute atomic E-state index is 0.161. The van der Waals surface area contributed by atoms with E-state index in [0.717, 1.165) is 24.0 Å². The zero-order valence-electron chi connectivity index (χ0n) is 19.6. The summed E-state index contributed by atoms with van der Waals surface area (Å²) in [5, 5.41) is 13.9. The molecule has 4 aromatic rings. The molecule has 6 nitrogen and oxygen atoms in total. The lowest BCUT2D eigenvalue weighted by Crippen LogP contribution is -2.49. The summed E-state index contributed by atoms with van der Waals surface area (Å²) in [4.78, 5) is 22.0. The van der Waals surface area contributed by atoms with Gasteiger partial charge in [-0.3, -0.25) is 19.6 Å². The molecule has 36 heavy (non-hydrogen) atoms. The van der Waals surface area contributed by atoms with Crippen LogP contribution in [0.15, 0.2) is 79.0 Å². The summed E-state index contributed by atoms with van der Waals surface area (Å²) in [5.74, 6) is -0.834. The molecule has 184 valence electrons. The van der Waals surface area contributed by atoms with Crippen LogP contribution in [0.2, 0.25) is 0 Å². The fourth-order valence-corrected chi connectivity index (χ4v) is 4.69. The Kier molecular flexibility index (Phi) is 6.88. The molecular weight excluding hydrogens is 462 g/mol. The van der Waals surface area contributed by atoms with E-state index < -0.39 is 6.04 Å². The number of hydrogen-bond acceptors (Lipinski definition) is 5. The molecule has 1 unspecified atom stereocenters. The van der Waals surface area contributed by atoms with E-state index in [0.29, 0.717) is 36.4 Å². The highest BCUT2D eigenvalue weighted by molar-refractivity contribution is 5.95. The van der Waals surface area contributed by atoms with E-state index in [1.54, 1.807) is 24.4 Å². The summed E-state index contributed by atoms with van der Waals surface area (Å²) < 4.78 is 26.9. The van der Waals surface area contributed by atoms with E-state index in [-0.39, 0.29) is 23.3 Å². The first kappa shape index (κ1) is 23.8. The molecule has 0 saturated carbocycles. The van der Waals surface area contributed by atoms with Gasteiger partial charge in [-0.25, -0.2) is 8.78 Å². The van der Waals surface area contributed by atoms with Crippen molar-refractivity contribution in [2.45, 2.75) is 12.6 Å². The summed E-state index contributed by atoms with van der Waals surface area (Å²) >= 11 is 0. The Morgan fingerprint density at radius 1 is 0.917 bits per heavy atom. The first-order valence-electron chi connectivity index (χ1n) is 11.8. The number of phenolic OH excluding ortho intramolecular Hbond substituents is 1. The first-order valence-corrected chi connectivity index (χ1v) is 11.8. The van der Waals surface area contributed by atoms with Gasteiger partial charge in [0.25, 0.3) is 0 Å². The largest absolute Gasteiger partial charge is 0.506 e. The van der Waals surface area contributed by atoms with Crippen molar-refractivity contribution in [2.24, 2.45) is 0 Å². The molecule has 8 heteroatoms. The third kappa shape index (κ3) is 5.19. The van der Waals surface area contributed by atoms with Crippen LogP contribution < -0.4 is 5.32 Å². The first-order chi connectivity index (χ1) is 17.5. The monoisotopic (exact) mass is 488 g/mol. The number of hydrogen-bond donors (Lipinski definition) is 2. The third-order valence-electron chi connectivity index (χ3n) is 6.55. The number of aromatic nitrogens is 1. The lowest BCUT2D eigenvalue weighted by Gasteiger charge is -2.39. The Morgan fingerprint density at radius 2 is 1.58 bits per heavy atom. The predicted octanol–water partition coefficient (Wildman–Crippen LogP) is 4.72. The van der Waals surface area contributed by atoms with Crippen LogP contribution in [0.25, 0.3) is 10.9 Å². The van der Waals surface area contributed by atoms with Crippen LogP contribution in [0.1, 0.15) is 17.2 Å². The minimum Gasteiger partial charge on any atom is -0.506 e. The van der Waals surface area contributed by atoms with E-state index in [2.05, 4.69) is 20.1 Å². The summed E-state index contributed by atoms with van der Waals surface area (Å²) in [7, 11) is 0. The van der Waals surface area contributed by atoms with Gasteiger partial charge < -0.3 is 10.4 Å². The van der Waals surface area contributed by atoms with Crippen molar-refractivity contribution >= 4 is 22.5 Å². The molecule has 0 radical (unpaired) electrons. The third-order valence-corrected chi connectivity index (χ3v) is 6.55. The van der Waals surface area contributed by atoms with E-state index in [9.17, 15) is 18.7 Å². The number of rotatable bonds is 6. The number of piperazine rings is 1. The zero-order chi connectivity index (χ0) is 25.1. The molecular formula is C28H26F2N4O2. The molecule has 1 atom stereocenters. The van der Waals surface area contributed by atoms with Crippen molar-refractivity contribution in [3.05, 3.63) is 102 Å². The van der Waals surface area contributed by atoms with Gasteiger partial charge in [0, 0.05) is 50.0 Å². The van der Waals surface area contributed by atoms with Gasteiger partial charge in [0.05, 0.1) is 0 Å². The van der Waals surface area contributed by atoms with E-state index in [1.807, 2.05) is 18.2 Å². The molecule has 1 amide bonds. The van der Waals surface area contributed by atoms with E-state index in [4.69, 9.17) is 0 Å². The fraction of sp³-hybridized carbons (Fsp3) is 0.214. The van der Waals surface area contributed by atoms with Crippen molar-refractivity contribution in [3.63, 3.8) is 0 Å². The number of carbonyl (C=O) groups is 1. The number of phenols is 1. The van der Waals surface area contributed by atoms with Gasteiger partial charge in [-0.05, 0) is 59.7 Å². The summed E-state index contributed by atoms with van der Waals surface area (Å²) in [6.45, 7) is 3.41. The van der Waals surface area contributed by atoms with E-state index >= 15 is 0 Å². The van der Waals surface area contributed by atoms with Crippen LogP contribution in [0.3, 0.4) is 0 Å². The lowest BCUT2D eigenvalue weighted by atomic mass is 10.0. The topological polar surface area (TPSA) is 68.7 Å². The van der Waals surface area contributed by atoms with Crippen molar-refractivity contribution in [1.29, 1.82) is 0 Å². The van der Waals surface area contributed by atoms with Gasteiger partial charge in [0.15, 0.2) is 0 Å². The smallest absolute Gasteiger partial charge is 0.246 e. The number of fused-ring (bicyclic) bond motifs is 1. The van der Waals surface area contributed by atoms with Crippen molar-refractivity contribution < 1.29 is 18.7 Å². The van der Waals surface area contributed by atoms with Gasteiger partial charge in [-0.2, -0.15) is 0 Å². The second-order valence-corrected chi connectivity index (χ2v) is 8.91. The molecule has 1 aliphatic rings. The quantitative estimate of drug-likeness (QED) is 0.411. The SMILES string of the molecule is O=C(Nc1ccc(F)cc1)C(c1ccc(F)cc1)N1CCN(Cc2ccc(O)c3ncccc23)CC1.